The Morgan fingerprint density at radius 1 is 1.44 bits per heavy atom. The molecular formula is C13H19BrN2. The van der Waals surface area contributed by atoms with E-state index in [4.69, 9.17) is 0 Å². The van der Waals surface area contributed by atoms with Crippen LogP contribution in [0.15, 0.2) is 22.9 Å². The summed E-state index contributed by atoms with van der Waals surface area (Å²) in [6.07, 6.45) is 9.19. The monoisotopic (exact) mass is 282 g/mol. The Balaban J connectivity index is 2.02. The molecule has 1 atom stereocenters. The van der Waals surface area contributed by atoms with Crippen LogP contribution in [-0.2, 0) is 6.54 Å². The first-order valence-electron chi connectivity index (χ1n) is 6.13. The van der Waals surface area contributed by atoms with Gasteiger partial charge in [0.1, 0.15) is 0 Å². The second kappa shape index (κ2) is 5.78. The Morgan fingerprint density at radius 2 is 2.31 bits per heavy atom. The second-order valence-corrected chi connectivity index (χ2v) is 5.46. The summed E-state index contributed by atoms with van der Waals surface area (Å²) in [7, 11) is 0. The van der Waals surface area contributed by atoms with Gasteiger partial charge < -0.3 is 0 Å². The zero-order chi connectivity index (χ0) is 11.4. The van der Waals surface area contributed by atoms with Gasteiger partial charge in [-0.1, -0.05) is 13.3 Å². The number of likely N-dealkylation sites (tertiary alicyclic amines) is 1. The lowest BCUT2D eigenvalue weighted by atomic mass is 9.99. The molecule has 16 heavy (non-hydrogen) atoms. The number of hydrogen-bond acceptors (Lipinski definition) is 2. The number of halogens is 1. The van der Waals surface area contributed by atoms with Crippen LogP contribution in [0.2, 0.25) is 0 Å². The molecule has 3 heteroatoms. The van der Waals surface area contributed by atoms with Crippen molar-refractivity contribution in [3.63, 3.8) is 0 Å². The Bertz CT molecular complexity index is 340. The van der Waals surface area contributed by atoms with Gasteiger partial charge in [0, 0.05) is 29.5 Å². The molecule has 1 unspecified atom stereocenters. The topological polar surface area (TPSA) is 16.1 Å². The molecule has 1 aromatic heterocycles. The summed E-state index contributed by atoms with van der Waals surface area (Å²) in [5.41, 5.74) is 1.31. The van der Waals surface area contributed by atoms with Crippen LogP contribution in [0.3, 0.4) is 0 Å². The van der Waals surface area contributed by atoms with Crippen LogP contribution in [0.1, 0.15) is 38.2 Å². The van der Waals surface area contributed by atoms with Crippen LogP contribution in [-0.4, -0.2) is 22.5 Å². The maximum absolute atomic E-state index is 4.23. The predicted molar refractivity (Wildman–Crippen MR) is 70.3 cm³/mol. The average Bonchev–Trinajstić information content (AvgIpc) is 2.30. The largest absolute Gasteiger partial charge is 0.296 e. The molecule has 1 aromatic rings. The molecule has 0 spiro atoms. The normalized spacial score (nSPS) is 22.2. The number of nitrogens with zero attached hydrogens (tertiary/aromatic N) is 2. The van der Waals surface area contributed by atoms with Crippen LogP contribution in [0.4, 0.5) is 0 Å². The van der Waals surface area contributed by atoms with E-state index in [0.29, 0.717) is 0 Å². The number of rotatable bonds is 3. The third-order valence-electron chi connectivity index (χ3n) is 3.37. The molecule has 2 rings (SSSR count). The highest BCUT2D eigenvalue weighted by Gasteiger charge is 2.20. The maximum atomic E-state index is 4.23. The molecule has 1 saturated heterocycles. The molecule has 0 radical (unpaired) electrons. The summed E-state index contributed by atoms with van der Waals surface area (Å²) in [5, 5.41) is 0. The van der Waals surface area contributed by atoms with Crippen LogP contribution >= 0.6 is 15.9 Å². The lowest BCUT2D eigenvalue weighted by molar-refractivity contribution is 0.136. The molecule has 0 aliphatic carbocycles. The Morgan fingerprint density at radius 3 is 3.06 bits per heavy atom. The minimum Gasteiger partial charge on any atom is -0.296 e. The van der Waals surface area contributed by atoms with Gasteiger partial charge in [-0.05, 0) is 53.4 Å². The van der Waals surface area contributed by atoms with E-state index in [1.807, 2.05) is 12.4 Å². The molecule has 0 aromatic carbocycles. The first-order chi connectivity index (χ1) is 7.79. The molecule has 0 bridgehead atoms. The lowest BCUT2D eigenvalue weighted by Gasteiger charge is -2.35. The summed E-state index contributed by atoms with van der Waals surface area (Å²) in [6, 6.07) is 2.95. The third-order valence-corrected chi connectivity index (χ3v) is 3.80. The number of aromatic nitrogens is 1. The average molecular weight is 283 g/mol. The molecule has 0 saturated carbocycles. The Labute approximate surface area is 106 Å². The van der Waals surface area contributed by atoms with Gasteiger partial charge in [-0.25, -0.2) is 0 Å². The van der Waals surface area contributed by atoms with Gasteiger partial charge in [0.25, 0.3) is 0 Å². The van der Waals surface area contributed by atoms with Crippen LogP contribution in [0.25, 0.3) is 0 Å². The van der Waals surface area contributed by atoms with Gasteiger partial charge in [-0.15, -0.1) is 0 Å². The van der Waals surface area contributed by atoms with Crippen molar-refractivity contribution in [2.24, 2.45) is 0 Å². The molecule has 1 fully saturated rings. The van der Waals surface area contributed by atoms with Gasteiger partial charge in [0.05, 0.1) is 0 Å². The summed E-state index contributed by atoms with van der Waals surface area (Å²) < 4.78 is 1.08. The van der Waals surface area contributed by atoms with Crippen molar-refractivity contribution in [3.05, 3.63) is 28.5 Å². The molecule has 0 N–H and O–H groups in total. The van der Waals surface area contributed by atoms with Crippen molar-refractivity contribution in [1.29, 1.82) is 0 Å². The third kappa shape index (κ3) is 3.05. The van der Waals surface area contributed by atoms with Crippen molar-refractivity contribution >= 4 is 15.9 Å². The number of pyridine rings is 1. The fourth-order valence-electron chi connectivity index (χ4n) is 2.51. The molecule has 1 aliphatic rings. The van der Waals surface area contributed by atoms with Crippen LogP contribution in [0.5, 0.6) is 0 Å². The van der Waals surface area contributed by atoms with E-state index in [2.05, 4.69) is 38.8 Å². The van der Waals surface area contributed by atoms with Gasteiger partial charge >= 0.3 is 0 Å². The van der Waals surface area contributed by atoms with E-state index in [1.165, 1.54) is 37.8 Å². The first-order valence-corrected chi connectivity index (χ1v) is 6.92. The highest BCUT2D eigenvalue weighted by Crippen LogP contribution is 2.22. The number of piperidine rings is 1. The lowest BCUT2D eigenvalue weighted by Crippen LogP contribution is -2.38. The molecular weight excluding hydrogens is 264 g/mol. The van der Waals surface area contributed by atoms with Crippen molar-refractivity contribution in [2.75, 3.05) is 6.54 Å². The van der Waals surface area contributed by atoms with E-state index in [-0.39, 0.29) is 0 Å². The zero-order valence-electron chi connectivity index (χ0n) is 9.82. The van der Waals surface area contributed by atoms with E-state index < -0.39 is 0 Å². The van der Waals surface area contributed by atoms with Gasteiger partial charge in [0.2, 0.25) is 0 Å². The Kier molecular flexibility index (Phi) is 4.36. The summed E-state index contributed by atoms with van der Waals surface area (Å²) in [6.45, 7) is 4.58. The van der Waals surface area contributed by atoms with E-state index in [1.54, 1.807) is 0 Å². The van der Waals surface area contributed by atoms with Crippen molar-refractivity contribution in [2.45, 2.75) is 45.2 Å². The minimum absolute atomic E-state index is 0.771. The van der Waals surface area contributed by atoms with Crippen LogP contribution in [0, 0.1) is 0 Å². The molecule has 0 amide bonds. The maximum Gasteiger partial charge on any atom is 0.0410 e. The van der Waals surface area contributed by atoms with Crippen molar-refractivity contribution in [1.82, 2.24) is 9.88 Å². The van der Waals surface area contributed by atoms with Crippen molar-refractivity contribution in [3.8, 4) is 0 Å². The predicted octanol–water partition coefficient (Wildman–Crippen LogP) is 3.61. The van der Waals surface area contributed by atoms with E-state index in [0.717, 1.165) is 17.1 Å². The van der Waals surface area contributed by atoms with E-state index >= 15 is 0 Å². The minimum atomic E-state index is 0.771. The standard InChI is InChI=1S/C13H19BrN2/c1-2-13-5-3-4-6-16(13)10-11-7-12(14)9-15-8-11/h7-9,13H,2-6,10H2,1H3. The quantitative estimate of drug-likeness (QED) is 0.842. The molecule has 2 nitrogen and oxygen atoms in total. The van der Waals surface area contributed by atoms with E-state index in [9.17, 15) is 0 Å². The van der Waals surface area contributed by atoms with Crippen LogP contribution < -0.4 is 0 Å². The highest BCUT2D eigenvalue weighted by molar-refractivity contribution is 9.10. The zero-order valence-corrected chi connectivity index (χ0v) is 11.4. The van der Waals surface area contributed by atoms with Gasteiger partial charge in [0.15, 0.2) is 0 Å². The first kappa shape index (κ1) is 12.1. The fourth-order valence-corrected chi connectivity index (χ4v) is 2.92. The SMILES string of the molecule is CCC1CCCCN1Cc1cncc(Br)c1. The summed E-state index contributed by atoms with van der Waals surface area (Å²) in [4.78, 5) is 6.83. The molecule has 1 aliphatic heterocycles. The second-order valence-electron chi connectivity index (χ2n) is 4.54. The van der Waals surface area contributed by atoms with Crippen molar-refractivity contribution < 1.29 is 0 Å². The van der Waals surface area contributed by atoms with Gasteiger partial charge in [-0.2, -0.15) is 0 Å². The van der Waals surface area contributed by atoms with Gasteiger partial charge in [-0.3, -0.25) is 9.88 Å². The smallest absolute Gasteiger partial charge is 0.0410 e. The summed E-state index contributed by atoms with van der Waals surface area (Å²) in [5.74, 6) is 0. The fraction of sp³-hybridized carbons (Fsp3) is 0.615. The number of hydrogen-bond donors (Lipinski definition) is 0. The Hall–Kier alpha value is -0.410. The molecule has 2 heterocycles. The highest BCUT2D eigenvalue weighted by atomic mass is 79.9. The summed E-state index contributed by atoms with van der Waals surface area (Å²) >= 11 is 3.48. The molecule has 88 valence electrons.